The molecule has 2 N–H and O–H groups in total. The van der Waals surface area contributed by atoms with Crippen molar-refractivity contribution in [2.45, 2.75) is 13.1 Å². The van der Waals surface area contributed by atoms with Gasteiger partial charge in [0.15, 0.2) is 0 Å². The van der Waals surface area contributed by atoms with Crippen LogP contribution >= 0.6 is 0 Å². The number of carbonyl (C=O) groups is 1. The Labute approximate surface area is 173 Å². The molecule has 1 aliphatic heterocycles. The number of amides is 1. The Balaban J connectivity index is 1.61. The van der Waals surface area contributed by atoms with E-state index in [4.69, 9.17) is 5.73 Å². The van der Waals surface area contributed by atoms with Gasteiger partial charge in [0.1, 0.15) is 5.69 Å². The lowest BCUT2D eigenvalue weighted by atomic mass is 9.98. The van der Waals surface area contributed by atoms with Crippen molar-refractivity contribution in [1.82, 2.24) is 14.9 Å². The summed E-state index contributed by atoms with van der Waals surface area (Å²) in [6, 6.07) is 23.2. The summed E-state index contributed by atoms with van der Waals surface area (Å²) in [6.07, 6.45) is 0. The average molecular weight is 391 g/mol. The summed E-state index contributed by atoms with van der Waals surface area (Å²) in [5, 5.41) is 10.1. The van der Waals surface area contributed by atoms with E-state index >= 15 is 0 Å². The number of benzene rings is 3. The Hall–Kier alpha value is -4.24. The second kappa shape index (κ2) is 6.98. The number of nitriles is 1. The van der Waals surface area contributed by atoms with E-state index in [0.29, 0.717) is 29.6 Å². The van der Waals surface area contributed by atoms with Crippen LogP contribution in [0.4, 0.5) is 5.95 Å². The molecule has 4 aromatic rings. The number of hydrogen-bond donors (Lipinski definition) is 1. The number of carbonyl (C=O) groups excluding carboxylic acids is 1. The number of aromatic nitrogens is 2. The van der Waals surface area contributed by atoms with Gasteiger partial charge in [-0.1, -0.05) is 48.5 Å². The highest BCUT2D eigenvalue weighted by Gasteiger charge is 2.27. The molecule has 3 aromatic carbocycles. The smallest absolute Gasteiger partial charge is 0.273 e. The SMILES string of the molecule is N#Cc1ccccc1-c1ccc2nc(N)nc(C(=O)N3Cc4ccccc4C3)c2c1. The highest BCUT2D eigenvalue weighted by molar-refractivity contribution is 6.06. The Bertz CT molecular complexity index is 1330. The Kier molecular flexibility index (Phi) is 4.15. The van der Waals surface area contributed by atoms with Crippen LogP contribution < -0.4 is 5.73 Å². The van der Waals surface area contributed by atoms with Gasteiger partial charge in [0.05, 0.1) is 17.1 Å². The average Bonchev–Trinajstić information content (AvgIpc) is 3.22. The van der Waals surface area contributed by atoms with Crippen LogP contribution in [-0.2, 0) is 13.1 Å². The molecule has 0 bridgehead atoms. The van der Waals surface area contributed by atoms with E-state index in [0.717, 1.165) is 22.3 Å². The van der Waals surface area contributed by atoms with Crippen LogP contribution in [-0.4, -0.2) is 20.8 Å². The molecule has 1 aliphatic rings. The second-order valence-electron chi connectivity index (χ2n) is 7.25. The predicted octanol–water partition coefficient (Wildman–Crippen LogP) is 3.91. The van der Waals surface area contributed by atoms with Gasteiger partial charge in [-0.2, -0.15) is 5.26 Å². The lowest BCUT2D eigenvalue weighted by Crippen LogP contribution is -2.27. The number of nitrogens with two attached hydrogens (primary N) is 1. The fourth-order valence-corrected chi connectivity index (χ4v) is 3.94. The molecule has 0 aliphatic carbocycles. The summed E-state index contributed by atoms with van der Waals surface area (Å²) in [6.45, 7) is 1.08. The first kappa shape index (κ1) is 17.8. The lowest BCUT2D eigenvalue weighted by molar-refractivity contribution is 0.0747. The van der Waals surface area contributed by atoms with Gasteiger partial charge in [-0.25, -0.2) is 9.97 Å². The summed E-state index contributed by atoms with van der Waals surface area (Å²) < 4.78 is 0. The third-order valence-corrected chi connectivity index (χ3v) is 5.40. The zero-order valence-electron chi connectivity index (χ0n) is 16.0. The minimum Gasteiger partial charge on any atom is -0.368 e. The minimum atomic E-state index is -0.184. The molecule has 6 heteroatoms. The fourth-order valence-electron chi connectivity index (χ4n) is 3.94. The van der Waals surface area contributed by atoms with Crippen molar-refractivity contribution in [1.29, 1.82) is 5.26 Å². The molecule has 144 valence electrons. The van der Waals surface area contributed by atoms with Gasteiger partial charge in [0, 0.05) is 18.5 Å². The first-order valence-electron chi connectivity index (χ1n) is 9.57. The van der Waals surface area contributed by atoms with E-state index in [9.17, 15) is 10.1 Å². The number of hydrogen-bond acceptors (Lipinski definition) is 5. The Morgan fingerprint density at radius 1 is 0.967 bits per heavy atom. The van der Waals surface area contributed by atoms with Crippen molar-refractivity contribution in [3.8, 4) is 17.2 Å². The van der Waals surface area contributed by atoms with Gasteiger partial charge in [-0.3, -0.25) is 4.79 Å². The largest absolute Gasteiger partial charge is 0.368 e. The molecule has 0 unspecified atom stereocenters. The molecular weight excluding hydrogens is 374 g/mol. The van der Waals surface area contributed by atoms with Crippen molar-refractivity contribution in [2.75, 3.05) is 5.73 Å². The van der Waals surface area contributed by atoms with Crippen LogP contribution in [0.25, 0.3) is 22.0 Å². The molecule has 6 nitrogen and oxygen atoms in total. The molecule has 0 atom stereocenters. The summed E-state index contributed by atoms with van der Waals surface area (Å²) in [5.41, 5.74) is 11.2. The number of rotatable bonds is 2. The number of anilines is 1. The molecule has 0 saturated carbocycles. The molecule has 5 rings (SSSR count). The van der Waals surface area contributed by atoms with E-state index in [1.165, 1.54) is 0 Å². The molecule has 1 aromatic heterocycles. The third kappa shape index (κ3) is 2.93. The molecule has 0 spiro atoms. The van der Waals surface area contributed by atoms with Gasteiger partial charge >= 0.3 is 0 Å². The summed E-state index contributed by atoms with van der Waals surface area (Å²) in [4.78, 5) is 23.7. The van der Waals surface area contributed by atoms with E-state index in [-0.39, 0.29) is 17.5 Å². The van der Waals surface area contributed by atoms with Gasteiger partial charge in [-0.15, -0.1) is 0 Å². The van der Waals surface area contributed by atoms with E-state index in [2.05, 4.69) is 16.0 Å². The van der Waals surface area contributed by atoms with Gasteiger partial charge in [-0.05, 0) is 40.5 Å². The van der Waals surface area contributed by atoms with Gasteiger partial charge < -0.3 is 10.6 Å². The maximum atomic E-state index is 13.4. The highest BCUT2D eigenvalue weighted by Crippen LogP contribution is 2.30. The van der Waals surface area contributed by atoms with Crippen LogP contribution in [0, 0.1) is 11.3 Å². The number of nitrogens with zero attached hydrogens (tertiary/aromatic N) is 4. The monoisotopic (exact) mass is 391 g/mol. The molecule has 2 heterocycles. The van der Waals surface area contributed by atoms with Crippen LogP contribution in [0.2, 0.25) is 0 Å². The fraction of sp³-hybridized carbons (Fsp3) is 0.0833. The summed E-state index contributed by atoms with van der Waals surface area (Å²) >= 11 is 0. The molecule has 1 amide bonds. The van der Waals surface area contributed by atoms with Crippen molar-refractivity contribution in [3.05, 3.63) is 89.1 Å². The van der Waals surface area contributed by atoms with E-state index in [1.807, 2.05) is 60.7 Å². The van der Waals surface area contributed by atoms with Crippen molar-refractivity contribution in [3.63, 3.8) is 0 Å². The Morgan fingerprint density at radius 2 is 1.67 bits per heavy atom. The van der Waals surface area contributed by atoms with Crippen LogP contribution in [0.1, 0.15) is 27.2 Å². The van der Waals surface area contributed by atoms with E-state index < -0.39 is 0 Å². The van der Waals surface area contributed by atoms with Gasteiger partial charge in [0.2, 0.25) is 5.95 Å². The predicted molar refractivity (Wildman–Crippen MR) is 114 cm³/mol. The Morgan fingerprint density at radius 3 is 2.40 bits per heavy atom. The summed E-state index contributed by atoms with van der Waals surface area (Å²) in [5.74, 6) is -0.122. The van der Waals surface area contributed by atoms with Crippen LogP contribution in [0.5, 0.6) is 0 Å². The maximum absolute atomic E-state index is 13.4. The zero-order chi connectivity index (χ0) is 20.7. The maximum Gasteiger partial charge on any atom is 0.273 e. The third-order valence-electron chi connectivity index (χ3n) is 5.40. The molecule has 30 heavy (non-hydrogen) atoms. The number of nitrogen functional groups attached to an aromatic ring is 1. The van der Waals surface area contributed by atoms with Crippen molar-refractivity contribution >= 4 is 22.8 Å². The topological polar surface area (TPSA) is 95.9 Å². The normalized spacial score (nSPS) is 12.6. The molecular formula is C24H17N5O. The molecule has 0 radical (unpaired) electrons. The quantitative estimate of drug-likeness (QED) is 0.559. The molecule has 0 saturated heterocycles. The van der Waals surface area contributed by atoms with Gasteiger partial charge in [0.25, 0.3) is 5.91 Å². The standard InChI is InChI=1S/C24H17N5O/c25-12-16-5-3-4-8-19(16)15-9-10-21-20(11-15)22(28-24(26)27-21)23(30)29-13-17-6-1-2-7-18(17)14-29/h1-11H,13-14H2,(H2,26,27,28). The first-order valence-corrected chi connectivity index (χ1v) is 9.57. The summed E-state index contributed by atoms with van der Waals surface area (Å²) in [7, 11) is 0. The second-order valence-corrected chi connectivity index (χ2v) is 7.25. The van der Waals surface area contributed by atoms with Crippen LogP contribution in [0.3, 0.4) is 0 Å². The van der Waals surface area contributed by atoms with E-state index in [1.54, 1.807) is 11.0 Å². The number of fused-ring (bicyclic) bond motifs is 2. The van der Waals surface area contributed by atoms with Crippen molar-refractivity contribution in [2.24, 2.45) is 0 Å². The lowest BCUT2D eigenvalue weighted by Gasteiger charge is -2.16. The van der Waals surface area contributed by atoms with Crippen molar-refractivity contribution < 1.29 is 4.79 Å². The van der Waals surface area contributed by atoms with Crippen LogP contribution in [0.15, 0.2) is 66.7 Å². The highest BCUT2D eigenvalue weighted by atomic mass is 16.2. The minimum absolute atomic E-state index is 0.0627. The zero-order valence-corrected chi connectivity index (χ0v) is 16.0. The first-order chi connectivity index (χ1) is 14.6. The molecule has 0 fully saturated rings.